The molecule has 1 unspecified atom stereocenters. The summed E-state index contributed by atoms with van der Waals surface area (Å²) in [4.78, 5) is 43.8. The summed E-state index contributed by atoms with van der Waals surface area (Å²) in [5.41, 5.74) is -1.66. The van der Waals surface area contributed by atoms with Crippen LogP contribution in [-0.4, -0.2) is 50.0 Å². The summed E-state index contributed by atoms with van der Waals surface area (Å²) >= 11 is 1.68. The fourth-order valence-electron chi connectivity index (χ4n) is 3.75. The number of thioether (sulfide) groups is 1. The number of aliphatic carboxylic acids is 1. The number of carboxylic acids is 1. The molecule has 3 rings (SSSR count). The van der Waals surface area contributed by atoms with Gasteiger partial charge < -0.3 is 15.7 Å². The maximum atomic E-state index is 11.7. The maximum absolute atomic E-state index is 11.7. The number of hydrogen-bond acceptors (Lipinski definition) is 7. The number of nitro benzene ring substituents is 2. The highest BCUT2D eigenvalue weighted by Crippen LogP contribution is 2.38. The Bertz CT molecular complexity index is 833. The van der Waals surface area contributed by atoms with Crippen molar-refractivity contribution in [2.24, 2.45) is 0 Å². The smallest absolute Gasteiger partial charge is 0.350 e. The van der Waals surface area contributed by atoms with Crippen LogP contribution < -0.4 is 10.6 Å². The summed E-state index contributed by atoms with van der Waals surface area (Å²) in [5.74, 6) is -1.72. The Kier molecular flexibility index (Phi) is 5.68. The molecule has 0 aromatic heterocycles. The van der Waals surface area contributed by atoms with Crippen LogP contribution in [0.25, 0.3) is 0 Å². The minimum atomic E-state index is -1.27. The second-order valence-electron chi connectivity index (χ2n) is 6.67. The number of fused-ring (bicyclic) bond motifs is 1. The number of rotatable bonds is 8. The van der Waals surface area contributed by atoms with Crippen molar-refractivity contribution in [2.45, 2.75) is 42.5 Å². The number of urea groups is 1. The lowest BCUT2D eigenvalue weighted by molar-refractivity contribution is -0.423. The Morgan fingerprint density at radius 1 is 1.29 bits per heavy atom. The molecule has 2 aliphatic rings. The third-order valence-electron chi connectivity index (χ3n) is 5.02. The summed E-state index contributed by atoms with van der Waals surface area (Å²) < 4.78 is 0. The number of carboxylic acid groups (broad SMARTS) is 1. The van der Waals surface area contributed by atoms with Crippen LogP contribution in [0.4, 0.5) is 16.2 Å². The topological polar surface area (TPSA) is 165 Å². The van der Waals surface area contributed by atoms with Crippen molar-refractivity contribution in [1.29, 1.82) is 0 Å². The van der Waals surface area contributed by atoms with E-state index in [0.717, 1.165) is 11.8 Å². The molecule has 2 aliphatic heterocycles. The monoisotopic (exact) mass is 410 g/mol. The molecule has 3 N–H and O–H groups in total. The molecule has 0 spiro atoms. The number of carbonyl (C=O) groups excluding carboxylic acids is 1. The van der Waals surface area contributed by atoms with Crippen molar-refractivity contribution >= 4 is 35.1 Å². The van der Waals surface area contributed by atoms with Gasteiger partial charge in [-0.05, 0) is 12.8 Å². The van der Waals surface area contributed by atoms with Gasteiger partial charge in [0, 0.05) is 17.1 Å². The fourth-order valence-corrected chi connectivity index (χ4v) is 5.30. The summed E-state index contributed by atoms with van der Waals surface area (Å²) in [5, 5.41) is 37.8. The molecule has 1 aromatic carbocycles. The molecule has 2 saturated heterocycles. The first-order valence-corrected chi connectivity index (χ1v) is 9.67. The number of nitro groups is 2. The third kappa shape index (κ3) is 3.86. The molecule has 1 aromatic rings. The highest BCUT2D eigenvalue weighted by molar-refractivity contribution is 8.00. The fraction of sp³-hybridized carbons (Fsp3) is 0.500. The van der Waals surface area contributed by atoms with Crippen LogP contribution in [0.2, 0.25) is 0 Å². The van der Waals surface area contributed by atoms with Crippen LogP contribution in [0, 0.1) is 20.2 Å². The van der Waals surface area contributed by atoms with Gasteiger partial charge in [-0.15, -0.1) is 0 Å². The lowest BCUT2D eigenvalue weighted by atomic mass is 9.90. The predicted octanol–water partition coefficient (Wildman–Crippen LogP) is 2.01. The molecule has 11 nitrogen and oxygen atoms in total. The van der Waals surface area contributed by atoms with E-state index in [1.54, 1.807) is 11.8 Å². The standard InChI is InChI=1S/C16H18N4O7S/c21-15(22)9(8-3-1-5-11(19(24)25)14(8)20(26)27)4-2-6-12-13-10(7-28-12)17-16(23)18-13/h1,3,5,9-10,12-13H,2,4,6-7H2,(H,21,22)(H2,17,18,23)/t9?,10-,12-,13-/m0/s1. The van der Waals surface area contributed by atoms with Gasteiger partial charge >= 0.3 is 23.4 Å². The van der Waals surface area contributed by atoms with Crippen molar-refractivity contribution in [3.05, 3.63) is 44.0 Å². The van der Waals surface area contributed by atoms with E-state index >= 15 is 0 Å². The number of hydrogen-bond donors (Lipinski definition) is 3. The molecular formula is C16H18N4O7S. The number of nitrogens with one attached hydrogen (secondary N) is 2. The van der Waals surface area contributed by atoms with Crippen molar-refractivity contribution in [1.82, 2.24) is 10.6 Å². The molecule has 2 amide bonds. The first kappa shape index (κ1) is 19.9. The zero-order valence-corrected chi connectivity index (χ0v) is 15.4. The highest BCUT2D eigenvalue weighted by atomic mass is 32.2. The Hall–Kier alpha value is -2.89. The lowest BCUT2D eigenvalue weighted by Crippen LogP contribution is -2.36. The minimum Gasteiger partial charge on any atom is -0.481 e. The van der Waals surface area contributed by atoms with Crippen molar-refractivity contribution < 1.29 is 24.5 Å². The van der Waals surface area contributed by atoms with E-state index < -0.39 is 33.1 Å². The summed E-state index contributed by atoms with van der Waals surface area (Å²) in [6.07, 6.45) is 1.18. The second-order valence-corrected chi connectivity index (χ2v) is 7.94. The van der Waals surface area contributed by atoms with Crippen LogP contribution in [0.5, 0.6) is 0 Å². The van der Waals surface area contributed by atoms with E-state index in [9.17, 15) is 34.9 Å². The zero-order valence-electron chi connectivity index (χ0n) is 14.6. The molecule has 4 atom stereocenters. The quantitative estimate of drug-likeness (QED) is 0.332. The number of para-hydroxylation sites is 1. The normalized spacial score (nSPS) is 24.1. The van der Waals surface area contributed by atoms with E-state index in [1.807, 2.05) is 0 Å². The minimum absolute atomic E-state index is 0.0204. The summed E-state index contributed by atoms with van der Waals surface area (Å²) in [6, 6.07) is 3.32. The van der Waals surface area contributed by atoms with Crippen molar-refractivity contribution in [3.63, 3.8) is 0 Å². The van der Waals surface area contributed by atoms with Gasteiger partial charge in [0.2, 0.25) is 0 Å². The van der Waals surface area contributed by atoms with Crippen LogP contribution in [0.1, 0.15) is 30.7 Å². The first-order valence-electron chi connectivity index (χ1n) is 8.62. The molecule has 28 heavy (non-hydrogen) atoms. The zero-order chi connectivity index (χ0) is 20.4. The second kappa shape index (κ2) is 8.00. The van der Waals surface area contributed by atoms with Gasteiger partial charge in [0.05, 0.1) is 33.4 Å². The van der Waals surface area contributed by atoms with Crippen LogP contribution in [0.3, 0.4) is 0 Å². The van der Waals surface area contributed by atoms with E-state index in [2.05, 4.69) is 10.6 Å². The Morgan fingerprint density at radius 3 is 2.68 bits per heavy atom. The first-order chi connectivity index (χ1) is 13.3. The van der Waals surface area contributed by atoms with Gasteiger partial charge in [-0.1, -0.05) is 18.6 Å². The average molecular weight is 410 g/mol. The maximum Gasteiger partial charge on any atom is 0.350 e. The van der Waals surface area contributed by atoms with Gasteiger partial charge in [0.25, 0.3) is 0 Å². The molecule has 0 saturated carbocycles. The summed E-state index contributed by atoms with van der Waals surface area (Å²) in [6.45, 7) is 0. The molecule has 150 valence electrons. The molecule has 2 fully saturated rings. The largest absolute Gasteiger partial charge is 0.481 e. The average Bonchev–Trinajstić information content (AvgIpc) is 3.17. The molecule has 0 aliphatic carbocycles. The highest BCUT2D eigenvalue weighted by Gasteiger charge is 2.43. The lowest BCUT2D eigenvalue weighted by Gasteiger charge is -2.18. The molecular weight excluding hydrogens is 392 g/mol. The number of amides is 2. The number of benzene rings is 1. The predicted molar refractivity (Wildman–Crippen MR) is 99.5 cm³/mol. The Balaban J connectivity index is 1.74. The van der Waals surface area contributed by atoms with Gasteiger partial charge in [-0.3, -0.25) is 25.0 Å². The van der Waals surface area contributed by atoms with Gasteiger partial charge in [-0.25, -0.2) is 4.79 Å². The number of carbonyl (C=O) groups is 2. The Labute approximate surface area is 163 Å². The van der Waals surface area contributed by atoms with Gasteiger partial charge in [0.1, 0.15) is 0 Å². The molecule has 0 radical (unpaired) electrons. The SMILES string of the molecule is O=C1N[C@H]2[C@H](CS[C@H]2CCCC(C(=O)O)c2cccc([N+](=O)[O-])c2[N+](=O)[O-])N1. The van der Waals surface area contributed by atoms with Gasteiger partial charge in [-0.2, -0.15) is 11.8 Å². The van der Waals surface area contributed by atoms with E-state index in [1.165, 1.54) is 12.1 Å². The van der Waals surface area contributed by atoms with E-state index in [-0.39, 0.29) is 35.3 Å². The van der Waals surface area contributed by atoms with Crippen molar-refractivity contribution in [3.8, 4) is 0 Å². The van der Waals surface area contributed by atoms with Crippen molar-refractivity contribution in [2.75, 3.05) is 5.75 Å². The van der Waals surface area contributed by atoms with Crippen LogP contribution in [-0.2, 0) is 4.79 Å². The molecule has 2 heterocycles. The van der Waals surface area contributed by atoms with Gasteiger partial charge in [0.15, 0.2) is 0 Å². The number of nitrogens with zero attached hydrogens (tertiary/aromatic N) is 2. The Morgan fingerprint density at radius 2 is 2.04 bits per heavy atom. The molecule has 12 heteroatoms. The summed E-state index contributed by atoms with van der Waals surface area (Å²) in [7, 11) is 0. The van der Waals surface area contributed by atoms with E-state index in [0.29, 0.717) is 12.8 Å². The molecule has 0 bridgehead atoms. The third-order valence-corrected chi connectivity index (χ3v) is 6.53. The van der Waals surface area contributed by atoms with Crippen LogP contribution >= 0.6 is 11.8 Å². The van der Waals surface area contributed by atoms with E-state index in [4.69, 9.17) is 0 Å². The van der Waals surface area contributed by atoms with Crippen LogP contribution in [0.15, 0.2) is 18.2 Å².